The Hall–Kier alpha value is -2.30. The van der Waals surface area contributed by atoms with Crippen molar-refractivity contribution in [3.63, 3.8) is 0 Å². The van der Waals surface area contributed by atoms with Crippen LogP contribution in [0.25, 0.3) is 0 Å². The first-order valence-electron chi connectivity index (χ1n) is 6.18. The summed E-state index contributed by atoms with van der Waals surface area (Å²) in [4.78, 5) is 16.0. The largest absolute Gasteiger partial charge is 0.444 e. The van der Waals surface area contributed by atoms with Crippen LogP contribution in [0, 0.1) is 6.92 Å². The summed E-state index contributed by atoms with van der Waals surface area (Å²) in [6.45, 7) is 4.15. The lowest BCUT2D eigenvalue weighted by Crippen LogP contribution is -2.23. The number of carbonyl (C=O) groups excluding carboxylic acids is 1. The molecule has 2 aromatic rings. The number of aryl methyl sites for hydroxylation is 2. The summed E-state index contributed by atoms with van der Waals surface area (Å²) in [5, 5.41) is 2.75. The van der Waals surface area contributed by atoms with E-state index >= 15 is 0 Å². The molecule has 0 bridgehead atoms. The second-order valence-electron chi connectivity index (χ2n) is 4.33. The lowest BCUT2D eigenvalue weighted by molar-refractivity contribution is 0.0947. The number of nitrogens with one attached hydrogen (secondary N) is 1. The Balaban J connectivity index is 1.99. The molecule has 100 valence electrons. The van der Waals surface area contributed by atoms with Crippen molar-refractivity contribution in [2.24, 2.45) is 0 Å². The van der Waals surface area contributed by atoms with Crippen LogP contribution in [0.2, 0.25) is 0 Å². The van der Waals surface area contributed by atoms with Gasteiger partial charge in [0.2, 0.25) is 5.89 Å². The maximum Gasteiger partial charge on any atom is 0.251 e. The maximum atomic E-state index is 11.9. The van der Waals surface area contributed by atoms with Crippen molar-refractivity contribution in [3.8, 4) is 0 Å². The molecule has 0 unspecified atom stereocenters. The summed E-state index contributed by atoms with van der Waals surface area (Å²) in [5.74, 6) is 1.12. The van der Waals surface area contributed by atoms with Crippen molar-refractivity contribution in [1.29, 1.82) is 0 Å². The molecule has 5 nitrogen and oxygen atoms in total. The number of rotatable bonds is 4. The van der Waals surface area contributed by atoms with Gasteiger partial charge in [-0.05, 0) is 24.6 Å². The SMILES string of the molecule is CCc1cnc(CNC(=O)c2ccc(C)c(N)c2)o1. The highest BCUT2D eigenvalue weighted by atomic mass is 16.4. The molecular weight excluding hydrogens is 242 g/mol. The molecule has 0 aliphatic rings. The predicted molar refractivity (Wildman–Crippen MR) is 72.6 cm³/mol. The first-order chi connectivity index (χ1) is 9.10. The van der Waals surface area contributed by atoms with Gasteiger partial charge in [-0.25, -0.2) is 4.98 Å². The van der Waals surface area contributed by atoms with E-state index in [4.69, 9.17) is 10.2 Å². The lowest BCUT2D eigenvalue weighted by atomic mass is 10.1. The topological polar surface area (TPSA) is 81.2 Å². The van der Waals surface area contributed by atoms with E-state index in [1.807, 2.05) is 19.9 Å². The third kappa shape index (κ3) is 3.13. The van der Waals surface area contributed by atoms with E-state index in [-0.39, 0.29) is 12.5 Å². The van der Waals surface area contributed by atoms with E-state index in [1.54, 1.807) is 18.3 Å². The minimum atomic E-state index is -0.192. The normalized spacial score (nSPS) is 10.4. The van der Waals surface area contributed by atoms with Gasteiger partial charge in [0, 0.05) is 17.7 Å². The first-order valence-corrected chi connectivity index (χ1v) is 6.18. The van der Waals surface area contributed by atoms with Gasteiger partial charge >= 0.3 is 0 Å². The van der Waals surface area contributed by atoms with Crippen LogP contribution in [0.1, 0.15) is 34.5 Å². The van der Waals surface area contributed by atoms with Gasteiger partial charge in [0.15, 0.2) is 0 Å². The minimum Gasteiger partial charge on any atom is -0.444 e. The summed E-state index contributed by atoms with van der Waals surface area (Å²) in [5.41, 5.74) is 7.87. The Bertz CT molecular complexity index is 590. The summed E-state index contributed by atoms with van der Waals surface area (Å²) < 4.78 is 5.41. The van der Waals surface area contributed by atoms with Gasteiger partial charge < -0.3 is 15.5 Å². The summed E-state index contributed by atoms with van der Waals surface area (Å²) in [6, 6.07) is 5.23. The fourth-order valence-corrected chi connectivity index (χ4v) is 1.63. The average molecular weight is 259 g/mol. The fraction of sp³-hybridized carbons (Fsp3) is 0.286. The zero-order chi connectivity index (χ0) is 13.8. The van der Waals surface area contributed by atoms with Gasteiger partial charge in [0.05, 0.1) is 12.7 Å². The molecule has 1 aromatic heterocycles. The zero-order valence-electron chi connectivity index (χ0n) is 11.1. The molecule has 0 spiro atoms. The van der Waals surface area contributed by atoms with E-state index in [0.29, 0.717) is 17.1 Å². The van der Waals surface area contributed by atoms with E-state index < -0.39 is 0 Å². The van der Waals surface area contributed by atoms with E-state index in [0.717, 1.165) is 17.7 Å². The van der Waals surface area contributed by atoms with Crippen LogP contribution < -0.4 is 11.1 Å². The number of nitrogens with two attached hydrogens (primary N) is 1. The number of amides is 1. The number of benzene rings is 1. The summed E-state index contributed by atoms with van der Waals surface area (Å²) in [7, 11) is 0. The molecule has 3 N–H and O–H groups in total. The van der Waals surface area contributed by atoms with Crippen LogP contribution in [-0.4, -0.2) is 10.9 Å². The van der Waals surface area contributed by atoms with Crippen LogP contribution in [0.5, 0.6) is 0 Å². The van der Waals surface area contributed by atoms with Gasteiger partial charge in [0.25, 0.3) is 5.91 Å². The second kappa shape index (κ2) is 5.56. The number of anilines is 1. The molecule has 0 fully saturated rings. The highest BCUT2D eigenvalue weighted by molar-refractivity contribution is 5.95. The molecule has 1 heterocycles. The number of oxazole rings is 1. The fourth-order valence-electron chi connectivity index (χ4n) is 1.63. The van der Waals surface area contributed by atoms with E-state index in [2.05, 4.69) is 10.3 Å². The molecule has 0 atom stereocenters. The van der Waals surface area contributed by atoms with Crippen molar-refractivity contribution < 1.29 is 9.21 Å². The van der Waals surface area contributed by atoms with Crippen molar-refractivity contribution >= 4 is 11.6 Å². The monoisotopic (exact) mass is 259 g/mol. The van der Waals surface area contributed by atoms with Gasteiger partial charge in [-0.3, -0.25) is 4.79 Å². The maximum absolute atomic E-state index is 11.9. The molecular formula is C14H17N3O2. The molecule has 0 radical (unpaired) electrons. The second-order valence-corrected chi connectivity index (χ2v) is 4.33. The highest BCUT2D eigenvalue weighted by Gasteiger charge is 2.08. The standard InChI is InChI=1S/C14H17N3O2/c1-3-11-7-16-13(19-11)8-17-14(18)10-5-4-9(2)12(15)6-10/h4-7H,3,8,15H2,1-2H3,(H,17,18). The van der Waals surface area contributed by atoms with Crippen molar-refractivity contribution in [2.45, 2.75) is 26.8 Å². The van der Waals surface area contributed by atoms with Gasteiger partial charge in [-0.15, -0.1) is 0 Å². The van der Waals surface area contributed by atoms with Gasteiger partial charge in [0.1, 0.15) is 5.76 Å². The van der Waals surface area contributed by atoms with E-state index in [1.165, 1.54) is 0 Å². The smallest absolute Gasteiger partial charge is 0.251 e. The third-order valence-corrected chi connectivity index (χ3v) is 2.89. The quantitative estimate of drug-likeness (QED) is 0.823. The highest BCUT2D eigenvalue weighted by Crippen LogP contribution is 2.13. The van der Waals surface area contributed by atoms with Crippen LogP contribution in [0.4, 0.5) is 5.69 Å². The van der Waals surface area contributed by atoms with Crippen LogP contribution in [0.15, 0.2) is 28.8 Å². The molecule has 2 rings (SSSR count). The number of nitrogen functional groups attached to an aromatic ring is 1. The van der Waals surface area contributed by atoms with Crippen molar-refractivity contribution in [3.05, 3.63) is 47.2 Å². The summed E-state index contributed by atoms with van der Waals surface area (Å²) in [6.07, 6.45) is 2.46. The van der Waals surface area contributed by atoms with Crippen molar-refractivity contribution in [1.82, 2.24) is 10.3 Å². The number of nitrogens with zero attached hydrogens (tertiary/aromatic N) is 1. The minimum absolute atomic E-state index is 0.192. The molecule has 5 heteroatoms. The Morgan fingerprint density at radius 2 is 2.26 bits per heavy atom. The molecule has 0 saturated carbocycles. The predicted octanol–water partition coefficient (Wildman–Crippen LogP) is 2.06. The lowest BCUT2D eigenvalue weighted by Gasteiger charge is -2.05. The Kier molecular flexibility index (Phi) is 3.85. The zero-order valence-corrected chi connectivity index (χ0v) is 11.1. The van der Waals surface area contributed by atoms with Crippen LogP contribution >= 0.6 is 0 Å². The molecule has 0 aliphatic carbocycles. The molecule has 1 aromatic carbocycles. The van der Waals surface area contributed by atoms with Gasteiger partial charge in [-0.2, -0.15) is 0 Å². The third-order valence-electron chi connectivity index (χ3n) is 2.89. The number of hydrogen-bond donors (Lipinski definition) is 2. The number of hydrogen-bond acceptors (Lipinski definition) is 4. The Morgan fingerprint density at radius 1 is 1.47 bits per heavy atom. The Labute approximate surface area is 111 Å². The van der Waals surface area contributed by atoms with E-state index in [9.17, 15) is 4.79 Å². The molecule has 1 amide bonds. The molecule has 19 heavy (non-hydrogen) atoms. The van der Waals surface area contributed by atoms with Gasteiger partial charge in [-0.1, -0.05) is 13.0 Å². The first kappa shape index (κ1) is 13.1. The Morgan fingerprint density at radius 3 is 2.89 bits per heavy atom. The van der Waals surface area contributed by atoms with Crippen LogP contribution in [-0.2, 0) is 13.0 Å². The van der Waals surface area contributed by atoms with Crippen LogP contribution in [0.3, 0.4) is 0 Å². The summed E-state index contributed by atoms with van der Waals surface area (Å²) >= 11 is 0. The molecule has 0 saturated heterocycles. The van der Waals surface area contributed by atoms with Crippen molar-refractivity contribution in [2.75, 3.05) is 5.73 Å². The average Bonchev–Trinajstić information content (AvgIpc) is 2.87. The molecule has 0 aliphatic heterocycles. The number of carbonyl (C=O) groups is 1. The number of aromatic nitrogens is 1.